The van der Waals surface area contributed by atoms with E-state index in [1.165, 1.54) is 0 Å². The Balaban J connectivity index is 1.91. The molecule has 7 heteroatoms. The Labute approximate surface area is 181 Å². The van der Waals surface area contributed by atoms with Crippen molar-refractivity contribution in [1.82, 2.24) is 14.9 Å². The van der Waals surface area contributed by atoms with Gasteiger partial charge in [-0.05, 0) is 42.7 Å². The third-order valence-electron chi connectivity index (χ3n) is 5.68. The molecule has 158 valence electrons. The zero-order chi connectivity index (χ0) is 21.4. The number of nitrogens with zero attached hydrogens (tertiary/aromatic N) is 3. The number of aromatic nitrogens is 2. The van der Waals surface area contributed by atoms with E-state index < -0.39 is 0 Å². The molecule has 3 aromatic rings. The molecule has 1 aromatic heterocycles. The molecule has 1 saturated heterocycles. The van der Waals surface area contributed by atoms with Crippen molar-refractivity contribution in [2.75, 3.05) is 31.1 Å². The third kappa shape index (κ3) is 3.83. The monoisotopic (exact) mass is 427 g/mol. The first-order valence-electron chi connectivity index (χ1n) is 10.2. The number of anilines is 1. The van der Waals surface area contributed by atoms with Gasteiger partial charge in [-0.15, -0.1) is 6.58 Å². The molecule has 0 spiro atoms. The molecule has 30 heavy (non-hydrogen) atoms. The lowest BCUT2D eigenvalue weighted by Gasteiger charge is -2.29. The van der Waals surface area contributed by atoms with Gasteiger partial charge in [0.1, 0.15) is 5.82 Å². The highest BCUT2D eigenvalue weighted by Crippen LogP contribution is 2.32. The number of hydrogen-bond donors (Lipinski definition) is 2. The molecule has 1 aliphatic rings. The zero-order valence-corrected chi connectivity index (χ0v) is 18.1. The van der Waals surface area contributed by atoms with Crippen LogP contribution in [-0.2, 0) is 6.54 Å². The first-order chi connectivity index (χ1) is 14.4. The third-order valence-corrected chi connectivity index (χ3v) is 5.90. The minimum absolute atomic E-state index is 0.154. The van der Waals surface area contributed by atoms with Crippen LogP contribution in [0.15, 0.2) is 36.9 Å². The van der Waals surface area contributed by atoms with E-state index in [0.717, 1.165) is 54.3 Å². The summed E-state index contributed by atoms with van der Waals surface area (Å²) in [6, 6.07) is 7.23. The number of imidazole rings is 1. The summed E-state index contributed by atoms with van der Waals surface area (Å²) in [5.74, 6) is 0.727. The number of piperazine rings is 1. The molecule has 0 bridgehead atoms. The molecule has 1 fully saturated rings. The van der Waals surface area contributed by atoms with Crippen LogP contribution in [0.2, 0.25) is 5.02 Å². The summed E-state index contributed by atoms with van der Waals surface area (Å²) >= 11 is 6.46. The maximum Gasteiger partial charge on any atom is 0.206 e. The second kappa shape index (κ2) is 8.38. The largest absolute Gasteiger partial charge is 0.340 e. The van der Waals surface area contributed by atoms with E-state index in [1.54, 1.807) is 19.9 Å². The molecule has 2 aromatic carbocycles. The van der Waals surface area contributed by atoms with E-state index in [-0.39, 0.29) is 11.9 Å². The summed E-state index contributed by atoms with van der Waals surface area (Å²) < 4.78 is 16.3. The Kier molecular flexibility index (Phi) is 5.82. The summed E-state index contributed by atoms with van der Waals surface area (Å²) in [5, 5.41) is 3.99. The predicted molar refractivity (Wildman–Crippen MR) is 122 cm³/mol. The van der Waals surface area contributed by atoms with Crippen molar-refractivity contribution in [3.05, 3.63) is 70.0 Å². The first-order valence-corrected chi connectivity index (χ1v) is 10.6. The Hall–Kier alpha value is -2.41. The smallest absolute Gasteiger partial charge is 0.206 e. The van der Waals surface area contributed by atoms with E-state index >= 15 is 0 Å². The highest BCUT2D eigenvalue weighted by Gasteiger charge is 2.22. The van der Waals surface area contributed by atoms with Gasteiger partial charge in [-0.3, -0.25) is 0 Å². The number of fused-ring (bicyclic) bond motifs is 1. The summed E-state index contributed by atoms with van der Waals surface area (Å²) in [4.78, 5) is 7.28. The van der Waals surface area contributed by atoms with E-state index in [1.807, 2.05) is 24.3 Å². The first kappa shape index (κ1) is 20.8. The molecule has 2 heterocycles. The van der Waals surface area contributed by atoms with Crippen molar-refractivity contribution in [2.24, 2.45) is 5.73 Å². The summed E-state index contributed by atoms with van der Waals surface area (Å²) in [5.41, 5.74) is 11.2. The number of benzene rings is 2. The molecule has 0 unspecified atom stereocenters. The average Bonchev–Trinajstić information content (AvgIpc) is 3.09. The van der Waals surface area contributed by atoms with Crippen LogP contribution in [0.4, 0.5) is 10.3 Å². The number of nitrogens with one attached hydrogen (secondary N) is 1. The maximum atomic E-state index is 14.2. The van der Waals surface area contributed by atoms with Crippen molar-refractivity contribution < 1.29 is 4.39 Å². The molecule has 0 saturated carbocycles. The quantitative estimate of drug-likeness (QED) is 0.602. The Morgan fingerprint density at radius 2 is 1.90 bits per heavy atom. The fraction of sp³-hybridized carbons (Fsp3) is 0.348. The van der Waals surface area contributed by atoms with Gasteiger partial charge in [0.25, 0.3) is 0 Å². The number of aryl methyl sites for hydroxylation is 2. The Morgan fingerprint density at radius 1 is 1.23 bits per heavy atom. The molecule has 5 nitrogen and oxygen atoms in total. The van der Waals surface area contributed by atoms with Crippen LogP contribution in [0.1, 0.15) is 28.3 Å². The lowest BCUT2D eigenvalue weighted by atomic mass is 10.1. The molecule has 3 N–H and O–H groups in total. The Bertz CT molecular complexity index is 1080. The van der Waals surface area contributed by atoms with Gasteiger partial charge < -0.3 is 20.5 Å². The number of hydrogen-bond acceptors (Lipinski definition) is 4. The van der Waals surface area contributed by atoms with E-state index in [4.69, 9.17) is 22.3 Å². The van der Waals surface area contributed by atoms with Crippen LogP contribution in [0.3, 0.4) is 0 Å². The highest BCUT2D eigenvalue weighted by atomic mass is 35.5. The van der Waals surface area contributed by atoms with Gasteiger partial charge in [-0.1, -0.05) is 29.8 Å². The van der Waals surface area contributed by atoms with Crippen molar-refractivity contribution in [3.63, 3.8) is 0 Å². The van der Waals surface area contributed by atoms with Gasteiger partial charge in [0, 0.05) is 36.8 Å². The van der Waals surface area contributed by atoms with Crippen LogP contribution in [0.5, 0.6) is 0 Å². The lowest BCUT2D eigenvalue weighted by molar-refractivity contribution is 0.571. The van der Waals surface area contributed by atoms with Crippen molar-refractivity contribution in [3.8, 4) is 0 Å². The minimum Gasteiger partial charge on any atom is -0.340 e. The minimum atomic E-state index is -0.360. The van der Waals surface area contributed by atoms with Gasteiger partial charge in [0.05, 0.1) is 23.6 Å². The van der Waals surface area contributed by atoms with Crippen LogP contribution in [-0.4, -0.2) is 35.7 Å². The number of halogens is 2. The van der Waals surface area contributed by atoms with Gasteiger partial charge in [0.15, 0.2) is 0 Å². The molecular formula is C23H27ClFN5. The molecule has 0 amide bonds. The van der Waals surface area contributed by atoms with Gasteiger partial charge in [-0.25, -0.2) is 9.37 Å². The normalized spacial score (nSPS) is 15.6. The van der Waals surface area contributed by atoms with Crippen LogP contribution < -0.4 is 16.0 Å². The summed E-state index contributed by atoms with van der Waals surface area (Å²) in [6.07, 6.45) is 1.70. The number of nitrogens with two attached hydrogens (primary N) is 1. The van der Waals surface area contributed by atoms with E-state index in [0.29, 0.717) is 22.7 Å². The molecule has 0 aliphatic carbocycles. The topological polar surface area (TPSA) is 59.1 Å². The summed E-state index contributed by atoms with van der Waals surface area (Å²) in [6.45, 7) is 11.5. The van der Waals surface area contributed by atoms with Crippen molar-refractivity contribution in [1.29, 1.82) is 0 Å². The number of rotatable bonds is 5. The van der Waals surface area contributed by atoms with Crippen LogP contribution in [0.25, 0.3) is 11.0 Å². The fourth-order valence-electron chi connectivity index (χ4n) is 4.15. The summed E-state index contributed by atoms with van der Waals surface area (Å²) in [7, 11) is 0. The van der Waals surface area contributed by atoms with Crippen LogP contribution in [0, 0.1) is 19.7 Å². The second-order valence-corrected chi connectivity index (χ2v) is 8.34. The second-order valence-electron chi connectivity index (χ2n) is 7.90. The lowest BCUT2D eigenvalue weighted by Crippen LogP contribution is -2.44. The highest BCUT2D eigenvalue weighted by molar-refractivity contribution is 6.31. The van der Waals surface area contributed by atoms with E-state index in [9.17, 15) is 4.39 Å². The van der Waals surface area contributed by atoms with Gasteiger partial charge >= 0.3 is 0 Å². The standard InChI is InChI=1S/C23H27ClFN5/c1-4-19(26)18-11-17(24)12-20-22(18)28-23(29-7-5-27-6-8-29)30(20)13-16-9-14(2)21(25)15(3)10-16/h4,9-12,19,27H,1,5-8,13,26H2,2-3H3/t19-/m0/s1. The predicted octanol–water partition coefficient (Wildman–Crippen LogP) is 4.09. The van der Waals surface area contributed by atoms with Crippen molar-refractivity contribution >= 4 is 28.6 Å². The molecule has 0 radical (unpaired) electrons. The fourth-order valence-corrected chi connectivity index (χ4v) is 4.37. The molecule has 1 aliphatic heterocycles. The maximum absolute atomic E-state index is 14.2. The average molecular weight is 428 g/mol. The zero-order valence-electron chi connectivity index (χ0n) is 17.4. The molecule has 4 rings (SSSR count). The van der Waals surface area contributed by atoms with Crippen LogP contribution >= 0.6 is 11.6 Å². The van der Waals surface area contributed by atoms with Crippen molar-refractivity contribution in [2.45, 2.75) is 26.4 Å². The SMILES string of the molecule is C=C[C@H](N)c1cc(Cl)cc2c1nc(N1CCNCC1)n2Cc1cc(C)c(F)c(C)c1. The Morgan fingerprint density at radius 3 is 2.53 bits per heavy atom. The van der Waals surface area contributed by atoms with E-state index in [2.05, 4.69) is 21.4 Å². The van der Waals surface area contributed by atoms with Gasteiger partial charge in [-0.2, -0.15) is 0 Å². The molecular weight excluding hydrogens is 401 g/mol. The van der Waals surface area contributed by atoms with Gasteiger partial charge in [0.2, 0.25) is 5.95 Å². The molecule has 1 atom stereocenters.